The van der Waals surface area contributed by atoms with Crippen molar-refractivity contribution in [3.8, 4) is 0 Å². The van der Waals surface area contributed by atoms with Crippen molar-refractivity contribution in [3.05, 3.63) is 28.7 Å². The Balaban J connectivity index is 2.51. The highest BCUT2D eigenvalue weighted by Crippen LogP contribution is 2.15. The number of methoxy groups -OCH3 is 1. The van der Waals surface area contributed by atoms with Crippen LogP contribution in [0, 0.1) is 0 Å². The Hall–Kier alpha value is -0.920. The van der Waals surface area contributed by atoms with E-state index in [1.165, 1.54) is 7.11 Å². The third-order valence-electron chi connectivity index (χ3n) is 2.84. The summed E-state index contributed by atoms with van der Waals surface area (Å²) in [6, 6.07) is 6.56. The number of hydrogen-bond acceptors (Lipinski definition) is 5. The summed E-state index contributed by atoms with van der Waals surface area (Å²) in [6.07, 6.45) is 0.255. The lowest BCUT2D eigenvalue weighted by Crippen LogP contribution is -2.28. The van der Waals surface area contributed by atoms with E-state index in [0.717, 1.165) is 4.47 Å². The van der Waals surface area contributed by atoms with E-state index in [-0.39, 0.29) is 18.1 Å². The van der Waals surface area contributed by atoms with Crippen LogP contribution in [-0.2, 0) is 19.4 Å². The van der Waals surface area contributed by atoms with Gasteiger partial charge in [0.1, 0.15) is 0 Å². The molecule has 0 aromatic heterocycles. The van der Waals surface area contributed by atoms with Crippen LogP contribution in [0.3, 0.4) is 0 Å². The van der Waals surface area contributed by atoms with Gasteiger partial charge in [0.05, 0.1) is 24.2 Å². The second-order valence-corrected chi connectivity index (χ2v) is 7.43. The van der Waals surface area contributed by atoms with Gasteiger partial charge in [0.15, 0.2) is 9.84 Å². The molecule has 0 radical (unpaired) electrons. The predicted octanol–water partition coefficient (Wildman–Crippen LogP) is 1.72. The number of ether oxygens (including phenoxy) is 1. The standard InChI is InChI=1S/C13H18BrNO4S/c1-15(8-7-13(16)19-2)9-10-20(17,18)12-5-3-11(14)4-6-12/h3-6H,7-10H2,1-2H3. The van der Waals surface area contributed by atoms with Crippen LogP contribution < -0.4 is 0 Å². The fourth-order valence-electron chi connectivity index (χ4n) is 1.53. The highest BCUT2D eigenvalue weighted by Gasteiger charge is 2.15. The van der Waals surface area contributed by atoms with E-state index in [1.54, 1.807) is 36.2 Å². The van der Waals surface area contributed by atoms with Crippen molar-refractivity contribution in [3.63, 3.8) is 0 Å². The molecule has 1 rings (SSSR count). The number of benzene rings is 1. The Morgan fingerprint density at radius 3 is 2.40 bits per heavy atom. The predicted molar refractivity (Wildman–Crippen MR) is 80.3 cm³/mol. The Morgan fingerprint density at radius 2 is 1.85 bits per heavy atom. The van der Waals surface area contributed by atoms with E-state index in [4.69, 9.17) is 0 Å². The van der Waals surface area contributed by atoms with Crippen molar-refractivity contribution in [2.75, 3.05) is 33.0 Å². The van der Waals surface area contributed by atoms with Crippen molar-refractivity contribution in [2.24, 2.45) is 0 Å². The van der Waals surface area contributed by atoms with Crippen LogP contribution in [-0.4, -0.2) is 52.3 Å². The fraction of sp³-hybridized carbons (Fsp3) is 0.462. The summed E-state index contributed by atoms with van der Waals surface area (Å²) in [6.45, 7) is 0.845. The molecule has 0 aliphatic heterocycles. The van der Waals surface area contributed by atoms with Crippen molar-refractivity contribution in [1.82, 2.24) is 4.90 Å². The Morgan fingerprint density at radius 1 is 1.25 bits per heavy atom. The molecule has 0 saturated heterocycles. The van der Waals surface area contributed by atoms with Gasteiger partial charge in [0.25, 0.3) is 0 Å². The van der Waals surface area contributed by atoms with Crippen molar-refractivity contribution < 1.29 is 17.9 Å². The van der Waals surface area contributed by atoms with Crippen LogP contribution in [0.5, 0.6) is 0 Å². The fourth-order valence-corrected chi connectivity index (χ4v) is 3.13. The SMILES string of the molecule is COC(=O)CCN(C)CCS(=O)(=O)c1ccc(Br)cc1. The molecule has 112 valence electrons. The molecule has 20 heavy (non-hydrogen) atoms. The lowest BCUT2D eigenvalue weighted by Gasteiger charge is -2.15. The number of hydrogen-bond donors (Lipinski definition) is 0. The van der Waals surface area contributed by atoms with Crippen LogP contribution in [0.15, 0.2) is 33.6 Å². The molecule has 0 fully saturated rings. The quantitative estimate of drug-likeness (QED) is 0.690. The number of sulfone groups is 1. The van der Waals surface area contributed by atoms with Gasteiger partial charge in [0.2, 0.25) is 0 Å². The lowest BCUT2D eigenvalue weighted by atomic mass is 10.4. The summed E-state index contributed by atoms with van der Waals surface area (Å²) >= 11 is 3.27. The summed E-state index contributed by atoms with van der Waals surface area (Å²) < 4.78 is 29.6. The molecule has 0 heterocycles. The van der Waals surface area contributed by atoms with E-state index in [9.17, 15) is 13.2 Å². The molecule has 1 aromatic carbocycles. The van der Waals surface area contributed by atoms with Crippen molar-refractivity contribution in [1.29, 1.82) is 0 Å². The maximum Gasteiger partial charge on any atom is 0.306 e. The number of carbonyl (C=O) groups is 1. The first-order valence-corrected chi connectivity index (χ1v) is 8.53. The van der Waals surface area contributed by atoms with Crippen LogP contribution in [0.25, 0.3) is 0 Å². The van der Waals surface area contributed by atoms with Crippen LogP contribution in [0.1, 0.15) is 6.42 Å². The third-order valence-corrected chi connectivity index (χ3v) is 5.08. The summed E-state index contributed by atoms with van der Waals surface area (Å²) in [7, 11) is -0.183. The topological polar surface area (TPSA) is 63.7 Å². The average molecular weight is 364 g/mol. The van der Waals surface area contributed by atoms with Gasteiger partial charge in [-0.3, -0.25) is 4.79 Å². The second-order valence-electron chi connectivity index (χ2n) is 4.40. The normalized spacial score (nSPS) is 11.6. The van der Waals surface area contributed by atoms with E-state index < -0.39 is 9.84 Å². The smallest absolute Gasteiger partial charge is 0.306 e. The number of nitrogens with zero attached hydrogens (tertiary/aromatic N) is 1. The molecule has 0 aliphatic carbocycles. The molecule has 0 atom stereocenters. The molecule has 0 spiro atoms. The number of rotatable bonds is 7. The van der Waals surface area contributed by atoms with Gasteiger partial charge in [-0.15, -0.1) is 0 Å². The highest BCUT2D eigenvalue weighted by atomic mass is 79.9. The minimum absolute atomic E-state index is 0.0201. The largest absolute Gasteiger partial charge is 0.469 e. The maximum absolute atomic E-state index is 12.1. The molecular weight excluding hydrogens is 346 g/mol. The molecule has 0 N–H and O–H groups in total. The molecule has 5 nitrogen and oxygen atoms in total. The minimum Gasteiger partial charge on any atom is -0.469 e. The molecule has 0 unspecified atom stereocenters. The van der Waals surface area contributed by atoms with Gasteiger partial charge >= 0.3 is 5.97 Å². The zero-order valence-corrected chi connectivity index (χ0v) is 13.9. The molecule has 0 saturated carbocycles. The van der Waals surface area contributed by atoms with E-state index in [2.05, 4.69) is 20.7 Å². The zero-order chi connectivity index (χ0) is 15.2. The van der Waals surface area contributed by atoms with E-state index in [0.29, 0.717) is 18.0 Å². The summed E-state index contributed by atoms with van der Waals surface area (Å²) in [5, 5.41) is 0. The highest BCUT2D eigenvalue weighted by molar-refractivity contribution is 9.10. The van der Waals surface area contributed by atoms with Crippen LogP contribution >= 0.6 is 15.9 Å². The third kappa shape index (κ3) is 5.60. The van der Waals surface area contributed by atoms with E-state index in [1.807, 2.05) is 0 Å². The van der Waals surface area contributed by atoms with Crippen molar-refractivity contribution >= 4 is 31.7 Å². The number of halogens is 1. The molecule has 0 amide bonds. The maximum atomic E-state index is 12.1. The zero-order valence-electron chi connectivity index (χ0n) is 11.5. The summed E-state index contributed by atoms with van der Waals surface area (Å²) in [4.78, 5) is 13.1. The summed E-state index contributed by atoms with van der Waals surface area (Å²) in [5.74, 6) is -0.278. The van der Waals surface area contributed by atoms with Gasteiger partial charge in [-0.2, -0.15) is 0 Å². The molecule has 0 bridgehead atoms. The van der Waals surface area contributed by atoms with Gasteiger partial charge in [-0.05, 0) is 31.3 Å². The summed E-state index contributed by atoms with van der Waals surface area (Å²) in [5.41, 5.74) is 0. The van der Waals surface area contributed by atoms with Gasteiger partial charge in [0, 0.05) is 17.6 Å². The van der Waals surface area contributed by atoms with Gasteiger partial charge < -0.3 is 9.64 Å². The molecular formula is C13H18BrNO4S. The minimum atomic E-state index is -3.29. The van der Waals surface area contributed by atoms with Crippen LogP contribution in [0.4, 0.5) is 0 Å². The monoisotopic (exact) mass is 363 g/mol. The first-order valence-electron chi connectivity index (χ1n) is 6.09. The average Bonchev–Trinajstić information content (AvgIpc) is 2.43. The first-order chi connectivity index (χ1) is 9.35. The molecule has 1 aromatic rings. The van der Waals surface area contributed by atoms with Gasteiger partial charge in [-0.25, -0.2) is 8.42 Å². The Bertz CT molecular complexity index is 542. The second kappa shape index (κ2) is 7.75. The Kier molecular flexibility index (Phi) is 6.64. The van der Waals surface area contributed by atoms with E-state index >= 15 is 0 Å². The molecule has 7 heteroatoms. The molecule has 0 aliphatic rings. The Labute approximate surface area is 128 Å². The van der Waals surface area contributed by atoms with Crippen LogP contribution in [0.2, 0.25) is 0 Å². The number of esters is 1. The van der Waals surface area contributed by atoms with Crippen molar-refractivity contribution in [2.45, 2.75) is 11.3 Å². The lowest BCUT2D eigenvalue weighted by molar-refractivity contribution is -0.140. The first kappa shape index (κ1) is 17.1. The number of carbonyl (C=O) groups excluding carboxylic acids is 1. The van der Waals surface area contributed by atoms with Gasteiger partial charge in [-0.1, -0.05) is 15.9 Å².